The van der Waals surface area contributed by atoms with E-state index in [1.807, 2.05) is 0 Å². The summed E-state index contributed by atoms with van der Waals surface area (Å²) in [6.45, 7) is 0.960. The lowest BCUT2D eigenvalue weighted by atomic mass is 10.1. The van der Waals surface area contributed by atoms with Crippen LogP contribution in [0.3, 0.4) is 0 Å². The van der Waals surface area contributed by atoms with Crippen molar-refractivity contribution in [3.8, 4) is 5.75 Å². The van der Waals surface area contributed by atoms with Gasteiger partial charge in [-0.15, -0.1) is 0 Å². The number of rotatable bonds is 5. The van der Waals surface area contributed by atoms with Crippen molar-refractivity contribution in [2.75, 3.05) is 33.3 Å². The zero-order valence-corrected chi connectivity index (χ0v) is 17.3. The molecule has 2 aliphatic heterocycles. The molecule has 0 aromatic heterocycles. The lowest BCUT2D eigenvalue weighted by Crippen LogP contribution is -2.61. The first kappa shape index (κ1) is 20.8. The van der Waals surface area contributed by atoms with Gasteiger partial charge in [0.15, 0.2) is 0 Å². The van der Waals surface area contributed by atoms with Crippen molar-refractivity contribution in [1.29, 1.82) is 0 Å². The second-order valence-corrected chi connectivity index (χ2v) is 9.42. The Morgan fingerprint density at radius 1 is 1.10 bits per heavy atom. The molecule has 7 nitrogen and oxygen atoms in total. The number of amides is 1. The van der Waals surface area contributed by atoms with Crippen molar-refractivity contribution < 1.29 is 27.1 Å². The molecule has 9 heteroatoms. The Morgan fingerprint density at radius 2 is 1.77 bits per heavy atom. The minimum Gasteiger partial charge on any atom is -0.497 e. The molecule has 2 aromatic rings. The number of methoxy groups -OCH3 is 1. The second kappa shape index (κ2) is 8.33. The number of halogens is 1. The van der Waals surface area contributed by atoms with E-state index in [2.05, 4.69) is 0 Å². The molecule has 0 aliphatic carbocycles. The number of carbonyl (C=O) groups is 1. The number of ether oxygens (including phenoxy) is 2. The van der Waals surface area contributed by atoms with Crippen LogP contribution in [0.2, 0.25) is 0 Å². The third-order valence-corrected chi connectivity index (χ3v) is 7.19. The summed E-state index contributed by atoms with van der Waals surface area (Å²) in [5.74, 6) is 0.0872. The molecule has 2 bridgehead atoms. The Labute approximate surface area is 175 Å². The molecule has 2 fully saturated rings. The van der Waals surface area contributed by atoms with Gasteiger partial charge >= 0.3 is 0 Å². The van der Waals surface area contributed by atoms with Crippen molar-refractivity contribution in [2.24, 2.45) is 0 Å². The van der Waals surface area contributed by atoms with Crippen molar-refractivity contribution >= 4 is 15.9 Å². The van der Waals surface area contributed by atoms with E-state index in [1.54, 1.807) is 29.2 Å². The Morgan fingerprint density at radius 3 is 2.37 bits per heavy atom. The summed E-state index contributed by atoms with van der Waals surface area (Å²) < 4.78 is 51.8. The van der Waals surface area contributed by atoms with Gasteiger partial charge in [-0.2, -0.15) is 4.31 Å². The van der Waals surface area contributed by atoms with E-state index >= 15 is 0 Å². The zero-order valence-electron chi connectivity index (χ0n) is 16.5. The van der Waals surface area contributed by atoms with Crippen LogP contribution in [0.15, 0.2) is 53.4 Å². The fourth-order valence-corrected chi connectivity index (χ4v) is 5.39. The highest BCUT2D eigenvalue weighted by Gasteiger charge is 2.41. The van der Waals surface area contributed by atoms with Gasteiger partial charge < -0.3 is 14.4 Å². The van der Waals surface area contributed by atoms with Crippen molar-refractivity contribution in [2.45, 2.75) is 23.5 Å². The Balaban J connectivity index is 1.42. The van der Waals surface area contributed by atoms with Crippen LogP contribution in [0.4, 0.5) is 4.39 Å². The first-order valence-corrected chi connectivity index (χ1v) is 11.1. The number of morpholine rings is 2. The molecule has 1 amide bonds. The van der Waals surface area contributed by atoms with Crippen LogP contribution in [0.25, 0.3) is 0 Å². The molecule has 30 heavy (non-hydrogen) atoms. The molecule has 2 unspecified atom stereocenters. The third-order valence-electron chi connectivity index (χ3n) is 5.34. The van der Waals surface area contributed by atoms with E-state index in [9.17, 15) is 17.6 Å². The molecule has 2 aromatic carbocycles. The predicted octanol–water partition coefficient (Wildman–Crippen LogP) is 1.68. The number of hydrogen-bond acceptors (Lipinski definition) is 5. The summed E-state index contributed by atoms with van der Waals surface area (Å²) in [4.78, 5) is 14.6. The van der Waals surface area contributed by atoms with Crippen LogP contribution < -0.4 is 4.74 Å². The average Bonchev–Trinajstić information content (AvgIpc) is 2.73. The second-order valence-electron chi connectivity index (χ2n) is 7.48. The highest BCUT2D eigenvalue weighted by atomic mass is 32.2. The van der Waals surface area contributed by atoms with Gasteiger partial charge in [0.2, 0.25) is 15.9 Å². The van der Waals surface area contributed by atoms with Gasteiger partial charge in [-0.25, -0.2) is 12.8 Å². The molecule has 4 rings (SSSR count). The highest BCUT2D eigenvalue weighted by Crippen LogP contribution is 2.26. The SMILES string of the molecule is COc1ccc(S(=O)(=O)N2CC3CN(C(=O)Cc4cccc(F)c4)CC(C2)O3)cc1. The maximum atomic E-state index is 13.4. The van der Waals surface area contributed by atoms with Crippen LogP contribution in [0, 0.1) is 5.82 Å². The van der Waals surface area contributed by atoms with Crippen molar-refractivity contribution in [1.82, 2.24) is 9.21 Å². The predicted molar refractivity (Wildman–Crippen MR) is 107 cm³/mol. The quantitative estimate of drug-likeness (QED) is 0.716. The molecule has 0 saturated carbocycles. The lowest BCUT2D eigenvalue weighted by molar-refractivity contribution is -0.153. The van der Waals surface area contributed by atoms with Gasteiger partial charge in [-0.3, -0.25) is 4.79 Å². The van der Waals surface area contributed by atoms with Crippen LogP contribution in [-0.4, -0.2) is 69.0 Å². The Kier molecular flexibility index (Phi) is 5.77. The minimum atomic E-state index is -3.67. The summed E-state index contributed by atoms with van der Waals surface area (Å²) in [6, 6.07) is 12.2. The van der Waals surface area contributed by atoms with E-state index in [0.717, 1.165) is 0 Å². The summed E-state index contributed by atoms with van der Waals surface area (Å²) in [7, 11) is -2.15. The molecular formula is C21H23FN2O5S. The Bertz CT molecular complexity index is 1010. The highest BCUT2D eigenvalue weighted by molar-refractivity contribution is 7.89. The molecule has 2 atom stereocenters. The fourth-order valence-electron chi connectivity index (χ4n) is 3.88. The van der Waals surface area contributed by atoms with Crippen LogP contribution in [0.1, 0.15) is 5.56 Å². The number of carbonyl (C=O) groups excluding carboxylic acids is 1. The molecule has 2 aliphatic rings. The Hall–Kier alpha value is -2.49. The summed E-state index contributed by atoms with van der Waals surface area (Å²) in [5.41, 5.74) is 0.611. The molecular weight excluding hydrogens is 411 g/mol. The zero-order chi connectivity index (χ0) is 21.3. The summed E-state index contributed by atoms with van der Waals surface area (Å²) in [5, 5.41) is 0. The van der Waals surface area contributed by atoms with E-state index in [-0.39, 0.29) is 36.1 Å². The number of nitrogens with zero attached hydrogens (tertiary/aromatic N) is 2. The standard InChI is InChI=1S/C21H23FN2O5S/c1-28-17-5-7-20(8-6-17)30(26,27)24-13-18-11-23(12-19(14-24)29-18)21(25)10-15-3-2-4-16(22)9-15/h2-9,18-19H,10-14H2,1H3. The number of benzene rings is 2. The normalized spacial score (nSPS) is 22.0. The fraction of sp³-hybridized carbons (Fsp3) is 0.381. The van der Waals surface area contributed by atoms with Gasteiger partial charge in [0.25, 0.3) is 0 Å². The number of hydrogen-bond donors (Lipinski definition) is 0. The van der Waals surface area contributed by atoms with Crippen LogP contribution in [-0.2, 0) is 26.0 Å². The maximum Gasteiger partial charge on any atom is 0.243 e. The molecule has 160 valence electrons. The van der Waals surface area contributed by atoms with Gasteiger partial charge in [0.05, 0.1) is 30.6 Å². The van der Waals surface area contributed by atoms with Crippen LogP contribution in [0.5, 0.6) is 5.75 Å². The first-order valence-electron chi connectivity index (χ1n) is 9.67. The topological polar surface area (TPSA) is 76.2 Å². The van der Waals surface area contributed by atoms with E-state index in [0.29, 0.717) is 24.4 Å². The molecule has 0 spiro atoms. The van der Waals surface area contributed by atoms with E-state index in [4.69, 9.17) is 9.47 Å². The molecule has 2 heterocycles. The summed E-state index contributed by atoms with van der Waals surface area (Å²) >= 11 is 0. The van der Waals surface area contributed by atoms with Crippen LogP contribution >= 0.6 is 0 Å². The molecule has 2 saturated heterocycles. The monoisotopic (exact) mass is 434 g/mol. The summed E-state index contributed by atoms with van der Waals surface area (Å²) in [6.07, 6.45) is -0.700. The first-order chi connectivity index (χ1) is 14.3. The maximum absolute atomic E-state index is 13.4. The van der Waals surface area contributed by atoms with Gasteiger partial charge in [0, 0.05) is 26.2 Å². The number of fused-ring (bicyclic) bond motifs is 2. The van der Waals surface area contributed by atoms with E-state index < -0.39 is 22.2 Å². The van der Waals surface area contributed by atoms with Gasteiger partial charge in [0.1, 0.15) is 11.6 Å². The van der Waals surface area contributed by atoms with Gasteiger partial charge in [-0.1, -0.05) is 12.1 Å². The average molecular weight is 434 g/mol. The van der Waals surface area contributed by atoms with Gasteiger partial charge in [-0.05, 0) is 42.0 Å². The van der Waals surface area contributed by atoms with E-state index in [1.165, 1.54) is 35.7 Å². The largest absolute Gasteiger partial charge is 0.497 e. The minimum absolute atomic E-state index is 0.102. The number of sulfonamides is 1. The third kappa shape index (κ3) is 4.33. The lowest BCUT2D eigenvalue weighted by Gasteiger charge is -2.45. The molecule has 0 N–H and O–H groups in total. The smallest absolute Gasteiger partial charge is 0.243 e. The van der Waals surface area contributed by atoms with Crippen molar-refractivity contribution in [3.63, 3.8) is 0 Å². The van der Waals surface area contributed by atoms with Crippen molar-refractivity contribution in [3.05, 3.63) is 59.9 Å². The molecule has 0 radical (unpaired) electrons.